The van der Waals surface area contributed by atoms with Crippen molar-refractivity contribution >= 4 is 7.60 Å². The summed E-state index contributed by atoms with van der Waals surface area (Å²) < 4.78 is 23.7. The summed E-state index contributed by atoms with van der Waals surface area (Å²) in [5.74, 6) is 0. The molecule has 3 nitrogen and oxygen atoms in total. The van der Waals surface area contributed by atoms with E-state index in [0.717, 1.165) is 25.7 Å². The summed E-state index contributed by atoms with van der Waals surface area (Å²) >= 11 is 0. The molecule has 0 atom stereocenters. The molecular formula is C11H23O3P. The van der Waals surface area contributed by atoms with E-state index in [-0.39, 0.29) is 17.9 Å². The Bertz CT molecular complexity index is 218. The predicted molar refractivity (Wildman–Crippen MR) is 62.3 cm³/mol. The monoisotopic (exact) mass is 234 g/mol. The van der Waals surface area contributed by atoms with Crippen molar-refractivity contribution in [2.24, 2.45) is 0 Å². The topological polar surface area (TPSA) is 35.5 Å². The molecule has 0 saturated heterocycles. The van der Waals surface area contributed by atoms with Gasteiger partial charge in [-0.3, -0.25) is 4.57 Å². The molecule has 90 valence electrons. The third-order valence-corrected chi connectivity index (χ3v) is 5.33. The molecule has 1 fully saturated rings. The lowest BCUT2D eigenvalue weighted by atomic mass is 10.4. The lowest BCUT2D eigenvalue weighted by Gasteiger charge is -2.27. The van der Waals surface area contributed by atoms with Gasteiger partial charge in [-0.05, 0) is 40.5 Å². The third-order valence-electron chi connectivity index (χ3n) is 2.49. The molecule has 1 saturated carbocycles. The molecule has 0 bridgehead atoms. The highest BCUT2D eigenvalue weighted by molar-refractivity contribution is 7.54. The molecule has 4 heteroatoms. The van der Waals surface area contributed by atoms with E-state index in [1.54, 1.807) is 0 Å². The molecule has 0 spiro atoms. The SMILES string of the molecule is CC(C)OP(=O)(OC(C)C)C1CCCC1. The van der Waals surface area contributed by atoms with Gasteiger partial charge in [0.25, 0.3) is 0 Å². The van der Waals surface area contributed by atoms with Gasteiger partial charge in [-0.2, -0.15) is 0 Å². The molecule has 0 heterocycles. The molecule has 0 radical (unpaired) electrons. The van der Waals surface area contributed by atoms with Gasteiger partial charge in [0, 0.05) is 0 Å². The maximum absolute atomic E-state index is 12.6. The zero-order valence-electron chi connectivity index (χ0n) is 10.2. The molecule has 0 aliphatic heterocycles. The average molecular weight is 234 g/mol. The minimum atomic E-state index is -2.88. The van der Waals surface area contributed by atoms with Crippen LogP contribution in [-0.2, 0) is 13.6 Å². The van der Waals surface area contributed by atoms with Crippen molar-refractivity contribution in [1.82, 2.24) is 0 Å². The van der Waals surface area contributed by atoms with Crippen LogP contribution in [0, 0.1) is 0 Å². The molecule has 0 amide bonds. The highest BCUT2D eigenvalue weighted by atomic mass is 31.2. The Morgan fingerprint density at radius 1 is 1.00 bits per heavy atom. The summed E-state index contributed by atoms with van der Waals surface area (Å²) in [5.41, 5.74) is 0.127. The summed E-state index contributed by atoms with van der Waals surface area (Å²) in [5, 5.41) is 0. The van der Waals surface area contributed by atoms with E-state index in [1.165, 1.54) is 0 Å². The van der Waals surface area contributed by atoms with Crippen molar-refractivity contribution in [2.75, 3.05) is 0 Å². The minimum absolute atomic E-state index is 0.0322. The van der Waals surface area contributed by atoms with Crippen LogP contribution in [0.1, 0.15) is 53.4 Å². The smallest absolute Gasteiger partial charge is 0.306 e. The van der Waals surface area contributed by atoms with Crippen molar-refractivity contribution in [3.63, 3.8) is 0 Å². The predicted octanol–water partition coefficient (Wildman–Crippen LogP) is 3.97. The molecule has 1 aliphatic rings. The third kappa shape index (κ3) is 3.90. The van der Waals surface area contributed by atoms with Gasteiger partial charge in [0.05, 0.1) is 17.9 Å². The van der Waals surface area contributed by atoms with Gasteiger partial charge in [0.15, 0.2) is 0 Å². The summed E-state index contributed by atoms with van der Waals surface area (Å²) in [6, 6.07) is 0. The largest absolute Gasteiger partial charge is 0.334 e. The zero-order valence-corrected chi connectivity index (χ0v) is 11.1. The lowest BCUT2D eigenvalue weighted by molar-refractivity contribution is 0.136. The first-order valence-corrected chi connectivity index (χ1v) is 7.52. The Kier molecular flexibility index (Phi) is 4.82. The van der Waals surface area contributed by atoms with Crippen LogP contribution in [0.2, 0.25) is 0 Å². The van der Waals surface area contributed by atoms with Crippen molar-refractivity contribution < 1.29 is 13.6 Å². The highest BCUT2D eigenvalue weighted by Crippen LogP contribution is 2.59. The van der Waals surface area contributed by atoms with E-state index < -0.39 is 7.60 Å². The Balaban J connectivity index is 2.70. The standard InChI is InChI=1S/C11H23O3P/c1-9(2)13-15(12,14-10(3)4)11-7-5-6-8-11/h9-11H,5-8H2,1-4H3. The van der Waals surface area contributed by atoms with Crippen LogP contribution in [0.15, 0.2) is 0 Å². The van der Waals surface area contributed by atoms with Crippen molar-refractivity contribution in [3.05, 3.63) is 0 Å². The molecular weight excluding hydrogens is 211 g/mol. The maximum Gasteiger partial charge on any atom is 0.334 e. The van der Waals surface area contributed by atoms with Crippen molar-refractivity contribution in [1.29, 1.82) is 0 Å². The maximum atomic E-state index is 12.6. The fourth-order valence-corrected chi connectivity index (χ4v) is 4.57. The average Bonchev–Trinajstić information content (AvgIpc) is 2.51. The van der Waals surface area contributed by atoms with Gasteiger partial charge >= 0.3 is 7.60 Å². The molecule has 0 aromatic heterocycles. The van der Waals surface area contributed by atoms with E-state index in [0.29, 0.717) is 0 Å². The Morgan fingerprint density at radius 2 is 1.40 bits per heavy atom. The van der Waals surface area contributed by atoms with Crippen LogP contribution in [0.3, 0.4) is 0 Å². The number of rotatable bonds is 5. The normalized spacial score (nSPS) is 19.3. The van der Waals surface area contributed by atoms with Crippen LogP contribution in [0.4, 0.5) is 0 Å². The first-order valence-electron chi connectivity index (χ1n) is 5.90. The second-order valence-corrected chi connectivity index (χ2v) is 7.02. The molecule has 0 aromatic carbocycles. The molecule has 0 aromatic rings. The van der Waals surface area contributed by atoms with Gasteiger partial charge in [0.1, 0.15) is 0 Å². The van der Waals surface area contributed by atoms with Crippen LogP contribution < -0.4 is 0 Å². The molecule has 1 aliphatic carbocycles. The van der Waals surface area contributed by atoms with Crippen LogP contribution in [-0.4, -0.2) is 17.9 Å². The van der Waals surface area contributed by atoms with E-state index in [4.69, 9.17) is 9.05 Å². The Labute approximate surface area is 93.1 Å². The highest BCUT2D eigenvalue weighted by Gasteiger charge is 2.39. The van der Waals surface area contributed by atoms with Gasteiger partial charge in [-0.25, -0.2) is 0 Å². The zero-order chi connectivity index (χ0) is 11.5. The molecule has 1 rings (SSSR count). The van der Waals surface area contributed by atoms with E-state index >= 15 is 0 Å². The first kappa shape index (κ1) is 13.2. The van der Waals surface area contributed by atoms with E-state index in [9.17, 15) is 4.57 Å². The number of hydrogen-bond acceptors (Lipinski definition) is 3. The fraction of sp³-hybridized carbons (Fsp3) is 1.00. The lowest BCUT2D eigenvalue weighted by Crippen LogP contribution is -2.15. The van der Waals surface area contributed by atoms with Gasteiger partial charge in [-0.1, -0.05) is 12.8 Å². The van der Waals surface area contributed by atoms with E-state index in [2.05, 4.69) is 0 Å². The Hall–Kier alpha value is 0.150. The molecule has 0 unspecified atom stereocenters. The van der Waals surface area contributed by atoms with Gasteiger partial charge in [0.2, 0.25) is 0 Å². The minimum Gasteiger partial charge on any atom is -0.306 e. The van der Waals surface area contributed by atoms with Gasteiger partial charge < -0.3 is 9.05 Å². The van der Waals surface area contributed by atoms with Crippen LogP contribution >= 0.6 is 7.60 Å². The van der Waals surface area contributed by atoms with E-state index in [1.807, 2.05) is 27.7 Å². The first-order chi connectivity index (χ1) is 6.94. The second kappa shape index (κ2) is 5.47. The molecule has 0 N–H and O–H groups in total. The molecule has 15 heavy (non-hydrogen) atoms. The second-order valence-electron chi connectivity index (χ2n) is 4.79. The summed E-state index contributed by atoms with van der Waals surface area (Å²) in [6.45, 7) is 7.63. The summed E-state index contributed by atoms with van der Waals surface area (Å²) in [7, 11) is -2.88. The summed E-state index contributed by atoms with van der Waals surface area (Å²) in [6.07, 6.45) is 4.20. The van der Waals surface area contributed by atoms with Crippen LogP contribution in [0.5, 0.6) is 0 Å². The number of hydrogen-bond donors (Lipinski definition) is 0. The quantitative estimate of drug-likeness (QED) is 0.675. The van der Waals surface area contributed by atoms with Gasteiger partial charge in [-0.15, -0.1) is 0 Å². The van der Waals surface area contributed by atoms with Crippen molar-refractivity contribution in [3.8, 4) is 0 Å². The van der Waals surface area contributed by atoms with Crippen LogP contribution in [0.25, 0.3) is 0 Å². The fourth-order valence-electron chi connectivity index (χ4n) is 2.01. The summed E-state index contributed by atoms with van der Waals surface area (Å²) in [4.78, 5) is 0. The Morgan fingerprint density at radius 3 is 1.73 bits per heavy atom. The van der Waals surface area contributed by atoms with Crippen molar-refractivity contribution in [2.45, 2.75) is 71.2 Å².